The molecule has 0 saturated carbocycles. The Balaban J connectivity index is 2.58. The van der Waals surface area contributed by atoms with Crippen molar-refractivity contribution in [1.82, 2.24) is 4.98 Å². The topological polar surface area (TPSA) is 45.1 Å². The first-order valence-electron chi connectivity index (χ1n) is 5.87. The van der Waals surface area contributed by atoms with E-state index in [1.165, 1.54) is 0 Å². The van der Waals surface area contributed by atoms with Gasteiger partial charge in [-0.25, -0.2) is 0 Å². The summed E-state index contributed by atoms with van der Waals surface area (Å²) >= 11 is 3.48. The fraction of sp³-hybridized carbons (Fsp3) is 0.357. The van der Waals surface area contributed by atoms with Gasteiger partial charge in [-0.05, 0) is 45.0 Å². The van der Waals surface area contributed by atoms with E-state index >= 15 is 0 Å². The Morgan fingerprint density at radius 2 is 2.06 bits per heavy atom. The van der Waals surface area contributed by atoms with E-state index in [-0.39, 0.29) is 12.1 Å². The molecule has 3 nitrogen and oxygen atoms in total. The smallest absolute Gasteiger partial charge is 0.0726 e. The minimum absolute atomic E-state index is 0.0733. The molecule has 1 aromatic heterocycles. The monoisotopic (exact) mass is 308 g/mol. The minimum Gasteiger partial charge on any atom is -0.394 e. The van der Waals surface area contributed by atoms with Crippen molar-refractivity contribution >= 4 is 32.5 Å². The van der Waals surface area contributed by atoms with E-state index in [1.54, 1.807) is 0 Å². The maximum Gasteiger partial charge on any atom is 0.0726 e. The number of rotatable bonds is 3. The molecule has 0 atom stereocenters. The van der Waals surface area contributed by atoms with E-state index < -0.39 is 0 Å². The first-order chi connectivity index (χ1) is 8.41. The normalized spacial score (nSPS) is 11.8. The molecule has 2 aromatic rings. The Kier molecular flexibility index (Phi) is 3.59. The van der Waals surface area contributed by atoms with Crippen LogP contribution in [0, 0.1) is 6.92 Å². The van der Waals surface area contributed by atoms with Crippen LogP contribution in [0.25, 0.3) is 10.9 Å². The van der Waals surface area contributed by atoms with Crippen molar-refractivity contribution in [2.45, 2.75) is 26.3 Å². The van der Waals surface area contributed by atoms with Crippen molar-refractivity contribution in [3.63, 3.8) is 0 Å². The van der Waals surface area contributed by atoms with Crippen LogP contribution in [-0.4, -0.2) is 22.2 Å². The van der Waals surface area contributed by atoms with Gasteiger partial charge in [0.25, 0.3) is 0 Å². The van der Waals surface area contributed by atoms with Crippen molar-refractivity contribution in [2.75, 3.05) is 11.9 Å². The summed E-state index contributed by atoms with van der Waals surface area (Å²) in [5.41, 5.74) is 2.55. The molecule has 0 aliphatic rings. The van der Waals surface area contributed by atoms with Gasteiger partial charge in [0.15, 0.2) is 0 Å². The van der Waals surface area contributed by atoms with Crippen molar-refractivity contribution in [3.8, 4) is 0 Å². The maximum atomic E-state index is 9.36. The first-order valence-corrected chi connectivity index (χ1v) is 6.66. The van der Waals surface area contributed by atoms with Crippen LogP contribution < -0.4 is 5.32 Å². The Morgan fingerprint density at radius 1 is 1.33 bits per heavy atom. The minimum atomic E-state index is -0.358. The van der Waals surface area contributed by atoms with Crippen LogP contribution in [0.3, 0.4) is 0 Å². The Bertz CT molecular complexity index is 581. The molecule has 0 spiro atoms. The van der Waals surface area contributed by atoms with Gasteiger partial charge in [-0.15, -0.1) is 0 Å². The summed E-state index contributed by atoms with van der Waals surface area (Å²) in [4.78, 5) is 4.51. The highest BCUT2D eigenvalue weighted by Gasteiger charge is 2.17. The fourth-order valence-electron chi connectivity index (χ4n) is 1.84. The van der Waals surface area contributed by atoms with Crippen LogP contribution in [0.2, 0.25) is 0 Å². The van der Waals surface area contributed by atoms with Gasteiger partial charge in [0.2, 0.25) is 0 Å². The highest BCUT2D eigenvalue weighted by Crippen LogP contribution is 2.28. The van der Waals surface area contributed by atoms with Crippen molar-refractivity contribution in [2.24, 2.45) is 0 Å². The molecule has 1 aromatic carbocycles. The number of benzene rings is 1. The second-order valence-electron chi connectivity index (χ2n) is 5.14. The summed E-state index contributed by atoms with van der Waals surface area (Å²) in [6, 6.07) is 8.02. The third-order valence-corrected chi connectivity index (χ3v) is 3.26. The Morgan fingerprint density at radius 3 is 2.72 bits per heavy atom. The number of anilines is 1. The molecule has 2 rings (SSSR count). The molecule has 18 heavy (non-hydrogen) atoms. The number of aliphatic hydroxyl groups is 1. The lowest BCUT2D eigenvalue weighted by atomic mass is 10.1. The summed E-state index contributed by atoms with van der Waals surface area (Å²) < 4.78 is 1.02. The van der Waals surface area contributed by atoms with Gasteiger partial charge in [0.1, 0.15) is 0 Å². The van der Waals surface area contributed by atoms with E-state index in [2.05, 4.69) is 26.2 Å². The van der Waals surface area contributed by atoms with Crippen LogP contribution in [0.15, 0.2) is 28.7 Å². The van der Waals surface area contributed by atoms with Crippen LogP contribution >= 0.6 is 15.9 Å². The lowest BCUT2D eigenvalue weighted by molar-refractivity contribution is 0.234. The molecule has 0 aliphatic carbocycles. The largest absolute Gasteiger partial charge is 0.394 e. The third-order valence-electron chi connectivity index (χ3n) is 2.77. The molecule has 4 heteroatoms. The van der Waals surface area contributed by atoms with Crippen molar-refractivity contribution < 1.29 is 5.11 Å². The zero-order chi connectivity index (χ0) is 13.3. The van der Waals surface area contributed by atoms with Gasteiger partial charge in [-0.1, -0.05) is 15.9 Å². The summed E-state index contributed by atoms with van der Waals surface area (Å²) in [6.07, 6.45) is 0. The van der Waals surface area contributed by atoms with E-state index in [0.717, 1.165) is 26.8 Å². The van der Waals surface area contributed by atoms with Crippen LogP contribution in [0.5, 0.6) is 0 Å². The quantitative estimate of drug-likeness (QED) is 0.912. The summed E-state index contributed by atoms with van der Waals surface area (Å²) in [5.74, 6) is 0. The van der Waals surface area contributed by atoms with Gasteiger partial charge in [-0.3, -0.25) is 4.98 Å². The van der Waals surface area contributed by atoms with Crippen LogP contribution in [0.1, 0.15) is 19.5 Å². The molecular weight excluding hydrogens is 292 g/mol. The SMILES string of the molecule is Cc1cc(NC(C)(C)CO)c2cc(Br)ccc2n1. The molecule has 0 amide bonds. The van der Waals surface area contributed by atoms with E-state index in [1.807, 2.05) is 45.0 Å². The van der Waals surface area contributed by atoms with E-state index in [0.29, 0.717) is 0 Å². The maximum absolute atomic E-state index is 9.36. The van der Waals surface area contributed by atoms with Crippen LogP contribution in [-0.2, 0) is 0 Å². The molecule has 0 unspecified atom stereocenters. The summed E-state index contributed by atoms with van der Waals surface area (Å²) in [6.45, 7) is 5.97. The first kappa shape index (κ1) is 13.3. The number of aliphatic hydroxyl groups excluding tert-OH is 1. The fourth-order valence-corrected chi connectivity index (χ4v) is 2.20. The molecule has 0 aliphatic heterocycles. The lowest BCUT2D eigenvalue weighted by Gasteiger charge is -2.26. The van der Waals surface area contributed by atoms with Crippen LogP contribution in [0.4, 0.5) is 5.69 Å². The second-order valence-corrected chi connectivity index (χ2v) is 6.06. The highest BCUT2D eigenvalue weighted by atomic mass is 79.9. The van der Waals surface area contributed by atoms with Gasteiger partial charge < -0.3 is 10.4 Å². The molecule has 1 heterocycles. The van der Waals surface area contributed by atoms with Crippen molar-refractivity contribution in [1.29, 1.82) is 0 Å². The Labute approximate surface area is 115 Å². The van der Waals surface area contributed by atoms with Gasteiger partial charge >= 0.3 is 0 Å². The molecule has 2 N–H and O–H groups in total. The molecule has 0 bridgehead atoms. The average Bonchev–Trinajstić information content (AvgIpc) is 2.29. The summed E-state index contributed by atoms with van der Waals surface area (Å²) in [5, 5.41) is 13.8. The molecule has 0 radical (unpaired) electrons. The third kappa shape index (κ3) is 2.82. The number of halogens is 1. The molecule has 0 saturated heterocycles. The van der Waals surface area contributed by atoms with Crippen molar-refractivity contribution in [3.05, 3.63) is 34.4 Å². The zero-order valence-electron chi connectivity index (χ0n) is 10.8. The number of hydrogen-bond donors (Lipinski definition) is 2. The highest BCUT2D eigenvalue weighted by molar-refractivity contribution is 9.10. The average molecular weight is 309 g/mol. The lowest BCUT2D eigenvalue weighted by Crippen LogP contribution is -2.35. The number of fused-ring (bicyclic) bond motifs is 1. The summed E-state index contributed by atoms with van der Waals surface area (Å²) in [7, 11) is 0. The van der Waals surface area contributed by atoms with E-state index in [4.69, 9.17) is 0 Å². The Hall–Kier alpha value is -1.13. The van der Waals surface area contributed by atoms with E-state index in [9.17, 15) is 5.11 Å². The molecule has 0 fully saturated rings. The number of nitrogens with one attached hydrogen (secondary N) is 1. The molecule has 96 valence electrons. The van der Waals surface area contributed by atoms with Gasteiger partial charge in [0.05, 0.1) is 17.7 Å². The number of pyridine rings is 1. The van der Waals surface area contributed by atoms with Gasteiger partial charge in [0, 0.05) is 21.2 Å². The molecular formula is C14H17BrN2O. The number of nitrogens with zero attached hydrogens (tertiary/aromatic N) is 1. The zero-order valence-corrected chi connectivity index (χ0v) is 12.4. The standard InChI is InChI=1S/C14H17BrN2O/c1-9-6-13(17-14(2,3)8-18)11-7-10(15)4-5-12(11)16-9/h4-7,18H,8H2,1-3H3,(H,16,17). The van der Waals surface area contributed by atoms with Gasteiger partial charge in [-0.2, -0.15) is 0 Å². The number of hydrogen-bond acceptors (Lipinski definition) is 3. The number of aryl methyl sites for hydroxylation is 1. The number of aromatic nitrogens is 1. The predicted octanol–water partition coefficient (Wildman–Crippen LogP) is 3.49. The second kappa shape index (κ2) is 4.86. The predicted molar refractivity (Wildman–Crippen MR) is 79.0 cm³/mol.